The van der Waals surface area contributed by atoms with Crippen molar-refractivity contribution < 1.29 is 4.79 Å². The van der Waals surface area contributed by atoms with Crippen LogP contribution < -0.4 is 10.9 Å². The molecule has 0 unspecified atom stereocenters. The summed E-state index contributed by atoms with van der Waals surface area (Å²) in [6.45, 7) is 0.255. The zero-order valence-electron chi connectivity index (χ0n) is 13.5. The van der Waals surface area contributed by atoms with Gasteiger partial charge in [0.2, 0.25) is 5.91 Å². The predicted octanol–water partition coefficient (Wildman–Crippen LogP) is 3.80. The van der Waals surface area contributed by atoms with Crippen molar-refractivity contribution in [2.24, 2.45) is 0 Å². The van der Waals surface area contributed by atoms with E-state index in [4.69, 9.17) is 0 Å². The summed E-state index contributed by atoms with van der Waals surface area (Å²) in [4.78, 5) is 33.4. The largest absolute Gasteiger partial charge is 0.302 e. The second kappa shape index (κ2) is 6.97. The first-order chi connectivity index (χ1) is 12.6. The lowest BCUT2D eigenvalue weighted by Gasteiger charge is -2.06. The van der Waals surface area contributed by atoms with Gasteiger partial charge in [0.25, 0.3) is 5.56 Å². The number of halogens is 1. The summed E-state index contributed by atoms with van der Waals surface area (Å²) in [5.41, 5.74) is 1.32. The monoisotopic (exact) mass is 428 g/mol. The smallest absolute Gasteiger partial charge is 0.261 e. The summed E-state index contributed by atoms with van der Waals surface area (Å²) in [5, 5.41) is 3.87. The van der Waals surface area contributed by atoms with Gasteiger partial charge in [0, 0.05) is 17.4 Å². The van der Waals surface area contributed by atoms with E-state index in [1.807, 2.05) is 30.3 Å². The third-order valence-electron chi connectivity index (χ3n) is 3.91. The lowest BCUT2D eigenvalue weighted by Crippen LogP contribution is -2.23. The molecule has 0 bridgehead atoms. The topological polar surface area (TPSA) is 76.9 Å². The number of aryl methyl sites for hydroxylation is 1. The van der Waals surface area contributed by atoms with Gasteiger partial charge < -0.3 is 5.32 Å². The molecule has 0 aliphatic rings. The number of hydrogen-bond acceptors (Lipinski definition) is 5. The van der Waals surface area contributed by atoms with Crippen LogP contribution in [0.2, 0.25) is 0 Å². The van der Waals surface area contributed by atoms with E-state index in [0.29, 0.717) is 16.0 Å². The second-order valence-electron chi connectivity index (χ2n) is 5.69. The fourth-order valence-electron chi connectivity index (χ4n) is 2.62. The van der Waals surface area contributed by atoms with Crippen LogP contribution in [-0.4, -0.2) is 20.4 Å². The number of amides is 1. The van der Waals surface area contributed by atoms with E-state index < -0.39 is 0 Å². The lowest BCUT2D eigenvalue weighted by molar-refractivity contribution is -0.116. The van der Waals surface area contributed by atoms with Gasteiger partial charge in [-0.1, -0.05) is 39.4 Å². The standard InChI is InChI=1S/C18H13BrN4O2S/c19-11-5-6-13-12(9-11)17(25)23(10-20-13)8-7-16(24)22-18-21-14-3-1-2-4-15(14)26-18/h1-6,9-10H,7-8H2,(H,21,22,24). The van der Waals surface area contributed by atoms with Crippen molar-refractivity contribution in [3.8, 4) is 0 Å². The highest BCUT2D eigenvalue weighted by molar-refractivity contribution is 9.10. The molecular weight excluding hydrogens is 416 g/mol. The van der Waals surface area contributed by atoms with Crippen LogP contribution in [0.5, 0.6) is 0 Å². The summed E-state index contributed by atoms with van der Waals surface area (Å²) in [6, 6.07) is 13.1. The zero-order chi connectivity index (χ0) is 18.1. The SMILES string of the molecule is O=C(CCn1cnc2ccc(Br)cc2c1=O)Nc1nc2ccccc2s1. The molecule has 4 rings (SSSR count). The van der Waals surface area contributed by atoms with E-state index in [-0.39, 0.29) is 24.4 Å². The first kappa shape index (κ1) is 16.9. The van der Waals surface area contributed by atoms with Gasteiger partial charge in [0.15, 0.2) is 5.13 Å². The van der Waals surface area contributed by atoms with Crippen LogP contribution in [0, 0.1) is 0 Å². The van der Waals surface area contributed by atoms with Crippen LogP contribution in [0.15, 0.2) is 58.1 Å². The third kappa shape index (κ3) is 3.38. The number of nitrogens with one attached hydrogen (secondary N) is 1. The molecule has 0 aliphatic carbocycles. The molecule has 26 heavy (non-hydrogen) atoms. The van der Waals surface area contributed by atoms with E-state index in [1.165, 1.54) is 22.2 Å². The highest BCUT2D eigenvalue weighted by Crippen LogP contribution is 2.25. The van der Waals surface area contributed by atoms with Crippen molar-refractivity contribution >= 4 is 59.4 Å². The molecule has 1 N–H and O–H groups in total. The summed E-state index contributed by atoms with van der Waals surface area (Å²) in [7, 11) is 0. The van der Waals surface area contributed by atoms with Crippen LogP contribution in [0.1, 0.15) is 6.42 Å². The van der Waals surface area contributed by atoms with Crippen molar-refractivity contribution in [2.45, 2.75) is 13.0 Å². The molecule has 4 aromatic rings. The third-order valence-corrected chi connectivity index (χ3v) is 5.35. The Kier molecular flexibility index (Phi) is 4.52. The fraction of sp³-hybridized carbons (Fsp3) is 0.111. The van der Waals surface area contributed by atoms with Crippen molar-refractivity contribution in [3.05, 3.63) is 63.6 Å². The summed E-state index contributed by atoms with van der Waals surface area (Å²) < 4.78 is 3.28. The number of carbonyl (C=O) groups excluding carboxylic acids is 1. The Morgan fingerprint density at radius 2 is 2.04 bits per heavy atom. The minimum absolute atomic E-state index is 0.163. The first-order valence-corrected chi connectivity index (χ1v) is 9.51. The highest BCUT2D eigenvalue weighted by atomic mass is 79.9. The molecule has 2 aromatic carbocycles. The van der Waals surface area contributed by atoms with Crippen LogP contribution in [-0.2, 0) is 11.3 Å². The van der Waals surface area contributed by atoms with Gasteiger partial charge >= 0.3 is 0 Å². The minimum Gasteiger partial charge on any atom is -0.302 e. The Hall–Kier alpha value is -2.58. The maximum absolute atomic E-state index is 12.5. The molecule has 0 aliphatic heterocycles. The van der Waals surface area contributed by atoms with E-state index >= 15 is 0 Å². The number of aromatic nitrogens is 3. The molecule has 0 fully saturated rings. The Balaban J connectivity index is 1.48. The van der Waals surface area contributed by atoms with Crippen LogP contribution in [0.4, 0.5) is 5.13 Å². The number of fused-ring (bicyclic) bond motifs is 2. The van der Waals surface area contributed by atoms with Gasteiger partial charge in [-0.3, -0.25) is 14.2 Å². The number of benzene rings is 2. The molecule has 0 radical (unpaired) electrons. The first-order valence-electron chi connectivity index (χ1n) is 7.90. The molecule has 0 saturated carbocycles. The lowest BCUT2D eigenvalue weighted by atomic mass is 10.2. The van der Waals surface area contributed by atoms with Crippen molar-refractivity contribution in [2.75, 3.05) is 5.32 Å². The molecule has 0 saturated heterocycles. The maximum Gasteiger partial charge on any atom is 0.261 e. The molecule has 0 atom stereocenters. The molecule has 0 spiro atoms. The van der Waals surface area contributed by atoms with Gasteiger partial charge in [-0.2, -0.15) is 0 Å². The minimum atomic E-state index is -0.190. The van der Waals surface area contributed by atoms with E-state index in [1.54, 1.807) is 12.1 Å². The van der Waals surface area contributed by atoms with E-state index in [2.05, 4.69) is 31.2 Å². The normalized spacial score (nSPS) is 11.1. The van der Waals surface area contributed by atoms with Crippen molar-refractivity contribution in [1.82, 2.24) is 14.5 Å². The Bertz CT molecular complexity index is 1150. The van der Waals surface area contributed by atoms with Crippen molar-refractivity contribution in [1.29, 1.82) is 0 Å². The molecule has 2 heterocycles. The van der Waals surface area contributed by atoms with E-state index in [9.17, 15) is 9.59 Å². The molecular formula is C18H13BrN4O2S. The molecule has 8 heteroatoms. The van der Waals surface area contributed by atoms with Gasteiger partial charge in [0.1, 0.15) is 0 Å². The molecule has 130 valence electrons. The van der Waals surface area contributed by atoms with Crippen LogP contribution in [0.25, 0.3) is 21.1 Å². The summed E-state index contributed by atoms with van der Waals surface area (Å²) >= 11 is 4.78. The van der Waals surface area contributed by atoms with Gasteiger partial charge in [-0.25, -0.2) is 9.97 Å². The van der Waals surface area contributed by atoms with E-state index in [0.717, 1.165) is 14.7 Å². The number of thiazole rings is 1. The number of anilines is 1. The average molecular weight is 429 g/mol. The zero-order valence-corrected chi connectivity index (χ0v) is 15.9. The number of rotatable bonds is 4. The number of para-hydroxylation sites is 1. The second-order valence-corrected chi connectivity index (χ2v) is 7.64. The number of carbonyl (C=O) groups is 1. The molecule has 6 nitrogen and oxygen atoms in total. The van der Waals surface area contributed by atoms with Gasteiger partial charge in [0.05, 0.1) is 27.4 Å². The maximum atomic E-state index is 12.5. The van der Waals surface area contributed by atoms with Crippen LogP contribution in [0.3, 0.4) is 0 Å². The Morgan fingerprint density at radius 3 is 2.88 bits per heavy atom. The molecule has 2 aromatic heterocycles. The summed E-state index contributed by atoms with van der Waals surface area (Å²) in [5.74, 6) is -0.190. The highest BCUT2D eigenvalue weighted by Gasteiger charge is 2.10. The summed E-state index contributed by atoms with van der Waals surface area (Å²) in [6.07, 6.45) is 1.64. The average Bonchev–Trinajstić information content (AvgIpc) is 3.04. The van der Waals surface area contributed by atoms with Gasteiger partial charge in [-0.15, -0.1) is 0 Å². The quantitative estimate of drug-likeness (QED) is 0.536. The van der Waals surface area contributed by atoms with Crippen molar-refractivity contribution in [3.63, 3.8) is 0 Å². The fourth-order valence-corrected chi connectivity index (χ4v) is 3.86. The number of hydrogen-bond donors (Lipinski definition) is 1. The predicted molar refractivity (Wildman–Crippen MR) is 107 cm³/mol. The molecule has 1 amide bonds. The van der Waals surface area contributed by atoms with Crippen LogP contribution >= 0.6 is 27.3 Å². The van der Waals surface area contributed by atoms with Gasteiger partial charge in [-0.05, 0) is 30.3 Å². The Labute approximate surface area is 160 Å². The Morgan fingerprint density at radius 1 is 1.19 bits per heavy atom. The number of nitrogens with zero attached hydrogens (tertiary/aromatic N) is 3.